The molecule has 2 aromatic rings. The molecule has 0 radical (unpaired) electrons. The first-order valence-electron chi connectivity index (χ1n) is 5.34. The van der Waals surface area contributed by atoms with Crippen molar-refractivity contribution in [3.63, 3.8) is 0 Å². The normalized spacial score (nSPS) is 17.1. The average Bonchev–Trinajstić information content (AvgIpc) is 2.72. The van der Waals surface area contributed by atoms with Gasteiger partial charge in [-0.2, -0.15) is 0 Å². The van der Waals surface area contributed by atoms with Gasteiger partial charge in [0.05, 0.1) is 5.69 Å². The number of hydrogen-bond acceptors (Lipinski definition) is 4. The summed E-state index contributed by atoms with van der Waals surface area (Å²) < 4.78 is 5.70. The maximum absolute atomic E-state index is 9.37. The summed E-state index contributed by atoms with van der Waals surface area (Å²) >= 11 is 0. The van der Waals surface area contributed by atoms with E-state index >= 15 is 0 Å². The monoisotopic (exact) mass is 228 g/mol. The number of aromatic hydroxyl groups is 1. The summed E-state index contributed by atoms with van der Waals surface area (Å²) in [6, 6.07) is 12.5. The zero-order chi connectivity index (χ0) is 11.8. The maximum atomic E-state index is 9.37. The molecule has 4 heteroatoms. The molecule has 0 aromatic heterocycles. The Balaban J connectivity index is 1.88. The van der Waals surface area contributed by atoms with Crippen molar-refractivity contribution in [3.8, 4) is 11.5 Å². The van der Waals surface area contributed by atoms with Crippen molar-refractivity contribution in [2.24, 2.45) is 0 Å². The predicted molar refractivity (Wildman–Crippen MR) is 66.0 cm³/mol. The van der Waals surface area contributed by atoms with Crippen molar-refractivity contribution in [1.82, 2.24) is 0 Å². The van der Waals surface area contributed by atoms with Gasteiger partial charge in [-0.3, -0.25) is 0 Å². The first kappa shape index (κ1) is 9.84. The second-order valence-corrected chi connectivity index (χ2v) is 3.99. The Labute approximate surface area is 98.6 Å². The highest BCUT2D eigenvalue weighted by atomic mass is 16.5. The number of benzene rings is 2. The molecule has 1 unspecified atom stereocenters. The smallest absolute Gasteiger partial charge is 0.196 e. The number of phenolic OH excluding ortho intramolecular Hbond substituents is 1. The van der Waals surface area contributed by atoms with Crippen LogP contribution in [-0.4, -0.2) is 5.11 Å². The standard InChI is InChI=1S/C13H12N2O2/c14-9-3-1-8(2-4-9)13-15-11-6-5-10(16)7-12(11)17-13/h1-7,13,15-16H,14H2. The third-order valence-electron chi connectivity index (χ3n) is 2.74. The van der Waals surface area contributed by atoms with Gasteiger partial charge in [0.1, 0.15) is 11.5 Å². The number of fused-ring (bicyclic) bond motifs is 1. The van der Waals surface area contributed by atoms with E-state index in [-0.39, 0.29) is 12.0 Å². The molecule has 0 amide bonds. The van der Waals surface area contributed by atoms with E-state index < -0.39 is 0 Å². The van der Waals surface area contributed by atoms with E-state index in [1.165, 1.54) is 0 Å². The van der Waals surface area contributed by atoms with Gasteiger partial charge in [-0.15, -0.1) is 0 Å². The molecule has 17 heavy (non-hydrogen) atoms. The summed E-state index contributed by atoms with van der Waals surface area (Å²) in [5.74, 6) is 0.857. The van der Waals surface area contributed by atoms with Gasteiger partial charge in [0.15, 0.2) is 6.23 Å². The summed E-state index contributed by atoms with van der Waals surface area (Å²) in [6.07, 6.45) is -0.229. The number of hydrogen-bond donors (Lipinski definition) is 3. The summed E-state index contributed by atoms with van der Waals surface area (Å²) in [5.41, 5.74) is 8.23. The fourth-order valence-corrected chi connectivity index (χ4v) is 1.85. The predicted octanol–water partition coefficient (Wildman–Crippen LogP) is 2.48. The van der Waals surface area contributed by atoms with Gasteiger partial charge in [0.2, 0.25) is 0 Å². The first-order chi connectivity index (χ1) is 8.22. The van der Waals surface area contributed by atoms with Crippen molar-refractivity contribution in [1.29, 1.82) is 0 Å². The number of ether oxygens (including phenoxy) is 1. The number of rotatable bonds is 1. The lowest BCUT2D eigenvalue weighted by atomic mass is 10.2. The minimum absolute atomic E-state index is 0.198. The molecule has 1 atom stereocenters. The topological polar surface area (TPSA) is 67.5 Å². The highest BCUT2D eigenvalue weighted by Crippen LogP contribution is 2.39. The molecule has 2 aromatic carbocycles. The van der Waals surface area contributed by atoms with Crippen LogP contribution in [0.25, 0.3) is 0 Å². The van der Waals surface area contributed by atoms with Crippen LogP contribution in [0.5, 0.6) is 11.5 Å². The summed E-state index contributed by atoms with van der Waals surface area (Å²) in [5, 5.41) is 12.6. The van der Waals surface area contributed by atoms with Crippen LogP contribution in [-0.2, 0) is 0 Å². The minimum atomic E-state index is -0.229. The fraction of sp³-hybridized carbons (Fsp3) is 0.0769. The molecule has 0 aliphatic carbocycles. The van der Waals surface area contributed by atoms with Crippen molar-refractivity contribution < 1.29 is 9.84 Å². The molecule has 0 saturated heterocycles. The Bertz CT molecular complexity index is 552. The van der Waals surface area contributed by atoms with Gasteiger partial charge in [0, 0.05) is 17.3 Å². The lowest BCUT2D eigenvalue weighted by molar-refractivity contribution is 0.259. The molecule has 3 rings (SSSR count). The molecular weight excluding hydrogens is 216 g/mol. The molecule has 0 bridgehead atoms. The van der Waals surface area contributed by atoms with Crippen molar-refractivity contribution in [3.05, 3.63) is 48.0 Å². The highest BCUT2D eigenvalue weighted by Gasteiger charge is 2.23. The van der Waals surface area contributed by atoms with Gasteiger partial charge < -0.3 is 20.9 Å². The van der Waals surface area contributed by atoms with E-state index in [1.54, 1.807) is 18.2 Å². The summed E-state index contributed by atoms with van der Waals surface area (Å²) in [4.78, 5) is 0. The van der Waals surface area contributed by atoms with Crippen LogP contribution in [0.3, 0.4) is 0 Å². The SMILES string of the molecule is Nc1ccc(C2Nc3ccc(O)cc3O2)cc1. The molecule has 1 aliphatic heterocycles. The Hall–Kier alpha value is -2.36. The Morgan fingerprint density at radius 3 is 2.65 bits per heavy atom. The third kappa shape index (κ3) is 1.73. The Kier molecular flexibility index (Phi) is 2.08. The van der Waals surface area contributed by atoms with Gasteiger partial charge in [0.25, 0.3) is 0 Å². The number of nitrogens with one attached hydrogen (secondary N) is 1. The van der Waals surface area contributed by atoms with Crippen LogP contribution in [0.1, 0.15) is 11.8 Å². The molecular formula is C13H12N2O2. The second-order valence-electron chi connectivity index (χ2n) is 3.99. The molecule has 0 saturated carbocycles. The van der Waals surface area contributed by atoms with Crippen molar-refractivity contribution in [2.75, 3.05) is 11.1 Å². The van der Waals surface area contributed by atoms with Crippen LogP contribution >= 0.6 is 0 Å². The Morgan fingerprint density at radius 2 is 1.88 bits per heavy atom. The highest BCUT2D eigenvalue weighted by molar-refractivity contribution is 5.63. The van der Waals surface area contributed by atoms with Crippen LogP contribution < -0.4 is 15.8 Å². The fourth-order valence-electron chi connectivity index (χ4n) is 1.85. The maximum Gasteiger partial charge on any atom is 0.196 e. The number of phenols is 1. The zero-order valence-corrected chi connectivity index (χ0v) is 9.05. The largest absolute Gasteiger partial charge is 0.508 e. The summed E-state index contributed by atoms with van der Waals surface area (Å²) in [7, 11) is 0. The van der Waals surface area contributed by atoms with Crippen molar-refractivity contribution in [2.45, 2.75) is 6.23 Å². The molecule has 4 nitrogen and oxygen atoms in total. The van der Waals surface area contributed by atoms with Crippen LogP contribution in [0.4, 0.5) is 11.4 Å². The van der Waals surface area contributed by atoms with Crippen molar-refractivity contribution >= 4 is 11.4 Å². The Morgan fingerprint density at radius 1 is 1.12 bits per heavy atom. The van der Waals surface area contributed by atoms with E-state index in [2.05, 4.69) is 5.32 Å². The lowest BCUT2D eigenvalue weighted by Crippen LogP contribution is -2.09. The van der Waals surface area contributed by atoms with Gasteiger partial charge in [-0.1, -0.05) is 12.1 Å². The molecule has 0 spiro atoms. The molecule has 86 valence electrons. The van der Waals surface area contributed by atoms with E-state index in [9.17, 15) is 5.11 Å². The second kappa shape index (κ2) is 3.59. The number of nitrogens with two attached hydrogens (primary N) is 1. The number of nitrogen functional groups attached to an aromatic ring is 1. The zero-order valence-electron chi connectivity index (χ0n) is 9.05. The first-order valence-corrected chi connectivity index (χ1v) is 5.34. The van der Waals surface area contributed by atoms with Crippen LogP contribution in [0.2, 0.25) is 0 Å². The van der Waals surface area contributed by atoms with Crippen LogP contribution in [0.15, 0.2) is 42.5 Å². The molecule has 4 N–H and O–H groups in total. The minimum Gasteiger partial charge on any atom is -0.508 e. The van der Waals surface area contributed by atoms with Gasteiger partial charge in [-0.05, 0) is 24.3 Å². The van der Waals surface area contributed by atoms with Crippen LogP contribution in [0, 0.1) is 0 Å². The average molecular weight is 228 g/mol. The van der Waals surface area contributed by atoms with Gasteiger partial charge >= 0.3 is 0 Å². The van der Waals surface area contributed by atoms with Gasteiger partial charge in [-0.25, -0.2) is 0 Å². The third-order valence-corrected chi connectivity index (χ3v) is 2.74. The molecule has 0 fully saturated rings. The van der Waals surface area contributed by atoms with E-state index in [1.807, 2.05) is 24.3 Å². The van der Waals surface area contributed by atoms with E-state index in [4.69, 9.17) is 10.5 Å². The lowest BCUT2D eigenvalue weighted by Gasteiger charge is -2.11. The quantitative estimate of drug-likeness (QED) is 0.518. The summed E-state index contributed by atoms with van der Waals surface area (Å²) in [6.45, 7) is 0. The van der Waals surface area contributed by atoms with E-state index in [0.717, 1.165) is 16.9 Å². The van der Waals surface area contributed by atoms with E-state index in [0.29, 0.717) is 5.75 Å². The number of anilines is 2. The molecule has 1 aliphatic rings. The molecule has 1 heterocycles.